The first-order valence-corrected chi connectivity index (χ1v) is 14.0. The van der Waals surface area contributed by atoms with Crippen LogP contribution in [0.1, 0.15) is 42.4 Å². The predicted molar refractivity (Wildman–Crippen MR) is 158 cm³/mol. The highest BCUT2D eigenvalue weighted by Gasteiger charge is 2.20. The van der Waals surface area contributed by atoms with Gasteiger partial charge in [-0.15, -0.1) is 0 Å². The Kier molecular flexibility index (Phi) is 8.66. The molecule has 2 aromatic carbocycles. The smallest absolute Gasteiger partial charge is 0.378 e. The summed E-state index contributed by atoms with van der Waals surface area (Å²) in [6, 6.07) is 15.7. The minimum absolute atomic E-state index is 0.0291. The van der Waals surface area contributed by atoms with Crippen molar-refractivity contribution in [2.75, 3.05) is 26.3 Å². The third-order valence-electron chi connectivity index (χ3n) is 7.22. The lowest BCUT2D eigenvalue weighted by molar-refractivity contribution is 0.0684. The number of hydrogen-bond acceptors (Lipinski definition) is 7. The number of aryl methyl sites for hydroxylation is 2. The molecular weight excluding hydrogens is 526 g/mol. The molecule has 0 spiro atoms. The number of unbranched alkanes of at least 4 members (excludes halogenated alkanes) is 1. The van der Waals surface area contributed by atoms with Gasteiger partial charge in [-0.25, -0.2) is 9.78 Å². The van der Waals surface area contributed by atoms with Gasteiger partial charge >= 0.3 is 5.76 Å². The van der Waals surface area contributed by atoms with Crippen molar-refractivity contribution in [2.24, 2.45) is 0 Å². The molecule has 1 aliphatic rings. The van der Waals surface area contributed by atoms with Crippen molar-refractivity contribution < 1.29 is 9.26 Å². The van der Waals surface area contributed by atoms with E-state index in [0.29, 0.717) is 37.6 Å². The van der Waals surface area contributed by atoms with Gasteiger partial charge in [-0.3, -0.25) is 18.9 Å². The lowest BCUT2D eigenvalue weighted by atomic mass is 9.98. The number of aromatic nitrogens is 4. The maximum atomic E-state index is 13.9. The molecule has 9 nitrogen and oxygen atoms in total. The normalized spacial score (nSPS) is 13.5. The molecule has 0 atom stereocenters. The molecule has 0 amide bonds. The highest BCUT2D eigenvalue weighted by Crippen LogP contribution is 2.30. The molecule has 2 aromatic heterocycles. The average Bonchev–Trinajstić information content (AvgIpc) is 3.42. The zero-order valence-electron chi connectivity index (χ0n) is 22.8. The van der Waals surface area contributed by atoms with Crippen molar-refractivity contribution in [3.05, 3.63) is 92.1 Å². The minimum atomic E-state index is -0.596. The molecule has 0 saturated carbocycles. The number of morpholine rings is 1. The number of aromatic amines is 1. The van der Waals surface area contributed by atoms with E-state index in [-0.39, 0.29) is 5.56 Å². The summed E-state index contributed by atoms with van der Waals surface area (Å²) in [4.78, 5) is 35.8. The topological polar surface area (TPSA) is 106 Å². The van der Waals surface area contributed by atoms with Crippen LogP contribution in [-0.4, -0.2) is 55.9 Å². The van der Waals surface area contributed by atoms with Gasteiger partial charge in [0, 0.05) is 42.8 Å². The summed E-state index contributed by atoms with van der Waals surface area (Å²) in [5.74, 6) is 0.584. The average molecular weight is 560 g/mol. The maximum Gasteiger partial charge on any atom is 0.439 e. The van der Waals surface area contributed by atoms with E-state index in [2.05, 4.69) is 22.0 Å². The number of thiocarbonyl (C=S) groups is 1. The van der Waals surface area contributed by atoms with Gasteiger partial charge in [-0.1, -0.05) is 79.3 Å². The molecule has 208 valence electrons. The Hall–Kier alpha value is -3.89. The summed E-state index contributed by atoms with van der Waals surface area (Å²) in [5, 5.41) is 3.85. The standard InChI is InChI=1S/C30H33N5O4S/c1-3-4-9-26-31-20(2)25(18-27(40)34-14-16-38-17-15-34)29(36)35(26)19-21-10-12-22(13-11-21)23-7-5-6-8-24(23)28-32-30(37)39-33-28/h5-8,10-13H,3-4,9,14-19H2,1-2H3,(H,32,33,37). The molecule has 1 N–H and O–H groups in total. The van der Waals surface area contributed by atoms with Gasteiger partial charge in [0.25, 0.3) is 5.56 Å². The van der Waals surface area contributed by atoms with Crippen LogP contribution in [0.4, 0.5) is 0 Å². The quantitative estimate of drug-likeness (QED) is 0.305. The predicted octanol–water partition coefficient (Wildman–Crippen LogP) is 4.16. The van der Waals surface area contributed by atoms with Crippen LogP contribution in [0.2, 0.25) is 0 Å². The molecule has 1 fully saturated rings. The molecule has 1 saturated heterocycles. The Labute approximate surface area is 237 Å². The molecule has 5 rings (SSSR count). The van der Waals surface area contributed by atoms with Gasteiger partial charge in [0.15, 0.2) is 5.82 Å². The van der Waals surface area contributed by atoms with Crippen molar-refractivity contribution >= 4 is 17.2 Å². The van der Waals surface area contributed by atoms with E-state index >= 15 is 0 Å². The third-order valence-corrected chi connectivity index (χ3v) is 7.62. The van der Waals surface area contributed by atoms with Gasteiger partial charge in [-0.05, 0) is 30.0 Å². The molecule has 4 aromatic rings. The Balaban J connectivity index is 1.44. The van der Waals surface area contributed by atoms with E-state index < -0.39 is 5.76 Å². The fourth-order valence-corrected chi connectivity index (χ4v) is 5.31. The summed E-state index contributed by atoms with van der Waals surface area (Å²) in [7, 11) is 0. The molecular formula is C30H33N5O4S. The van der Waals surface area contributed by atoms with Crippen LogP contribution in [0.3, 0.4) is 0 Å². The van der Waals surface area contributed by atoms with E-state index in [1.54, 1.807) is 0 Å². The van der Waals surface area contributed by atoms with Crippen LogP contribution >= 0.6 is 12.2 Å². The molecule has 3 heterocycles. The number of nitrogens with zero attached hydrogens (tertiary/aromatic N) is 4. The molecule has 0 radical (unpaired) electrons. The Bertz CT molecular complexity index is 1600. The van der Waals surface area contributed by atoms with Crippen LogP contribution in [0.5, 0.6) is 0 Å². The van der Waals surface area contributed by atoms with Gasteiger partial charge in [-0.2, -0.15) is 0 Å². The minimum Gasteiger partial charge on any atom is -0.378 e. The molecule has 1 aliphatic heterocycles. The van der Waals surface area contributed by atoms with Crippen LogP contribution < -0.4 is 11.3 Å². The van der Waals surface area contributed by atoms with E-state index in [1.807, 2.05) is 60.0 Å². The zero-order chi connectivity index (χ0) is 28.1. The molecule has 10 heteroatoms. The zero-order valence-corrected chi connectivity index (χ0v) is 23.6. The largest absolute Gasteiger partial charge is 0.439 e. The van der Waals surface area contributed by atoms with Crippen molar-refractivity contribution in [1.82, 2.24) is 24.6 Å². The van der Waals surface area contributed by atoms with E-state index in [9.17, 15) is 9.59 Å². The summed E-state index contributed by atoms with van der Waals surface area (Å²) >= 11 is 5.72. The summed E-state index contributed by atoms with van der Waals surface area (Å²) in [6.07, 6.45) is 3.11. The lowest BCUT2D eigenvalue weighted by Gasteiger charge is -2.29. The van der Waals surface area contributed by atoms with Crippen molar-refractivity contribution in [1.29, 1.82) is 0 Å². The number of benzene rings is 2. The Morgan fingerprint density at radius 1 is 1.05 bits per heavy atom. The summed E-state index contributed by atoms with van der Waals surface area (Å²) in [6.45, 7) is 7.25. The highest BCUT2D eigenvalue weighted by atomic mass is 32.1. The van der Waals surface area contributed by atoms with Gasteiger partial charge in [0.2, 0.25) is 0 Å². The van der Waals surface area contributed by atoms with Gasteiger partial charge in [0.05, 0.1) is 24.7 Å². The SMILES string of the molecule is CCCCc1nc(C)c(CC(=S)N2CCOCC2)c(=O)n1Cc1ccc(-c2ccccc2-c2noc(=O)[nH]2)cc1. The lowest BCUT2D eigenvalue weighted by Crippen LogP contribution is -2.42. The Morgan fingerprint density at radius 2 is 1.77 bits per heavy atom. The van der Waals surface area contributed by atoms with E-state index in [4.69, 9.17) is 26.5 Å². The van der Waals surface area contributed by atoms with Gasteiger partial charge in [0.1, 0.15) is 5.82 Å². The number of rotatable bonds is 9. The molecule has 0 aliphatic carbocycles. The second-order valence-corrected chi connectivity index (χ2v) is 10.4. The number of nitrogens with one attached hydrogen (secondary N) is 1. The van der Waals surface area contributed by atoms with Crippen molar-refractivity contribution in [3.8, 4) is 22.5 Å². The first kappa shape index (κ1) is 27.7. The first-order chi connectivity index (χ1) is 19.4. The van der Waals surface area contributed by atoms with E-state index in [1.165, 1.54) is 0 Å². The fourth-order valence-electron chi connectivity index (χ4n) is 4.98. The number of hydrogen-bond donors (Lipinski definition) is 1. The van der Waals surface area contributed by atoms with E-state index in [0.717, 1.165) is 71.1 Å². The van der Waals surface area contributed by atoms with Crippen LogP contribution in [0.25, 0.3) is 22.5 Å². The summed E-state index contributed by atoms with van der Waals surface area (Å²) in [5.41, 5.74) is 5.00. The van der Waals surface area contributed by atoms with Crippen LogP contribution in [0, 0.1) is 6.92 Å². The molecule has 0 bridgehead atoms. The van der Waals surface area contributed by atoms with Gasteiger partial charge < -0.3 is 9.64 Å². The van der Waals surface area contributed by atoms with Crippen LogP contribution in [0.15, 0.2) is 62.6 Å². The fraction of sp³-hybridized carbons (Fsp3) is 0.367. The Morgan fingerprint density at radius 3 is 2.45 bits per heavy atom. The second-order valence-electron chi connectivity index (χ2n) is 9.94. The number of ether oxygens (including phenoxy) is 1. The monoisotopic (exact) mass is 559 g/mol. The van der Waals surface area contributed by atoms with Crippen molar-refractivity contribution in [3.63, 3.8) is 0 Å². The second kappa shape index (κ2) is 12.5. The third kappa shape index (κ3) is 6.13. The maximum absolute atomic E-state index is 13.9. The number of H-pyrrole nitrogens is 1. The summed E-state index contributed by atoms with van der Waals surface area (Å²) < 4.78 is 12.0. The highest BCUT2D eigenvalue weighted by molar-refractivity contribution is 7.80. The van der Waals surface area contributed by atoms with Crippen LogP contribution in [-0.2, 0) is 24.1 Å². The molecule has 0 unspecified atom stereocenters. The first-order valence-electron chi connectivity index (χ1n) is 13.6. The van der Waals surface area contributed by atoms with Crippen molar-refractivity contribution in [2.45, 2.75) is 46.1 Å². The molecule has 40 heavy (non-hydrogen) atoms.